The van der Waals surface area contributed by atoms with Crippen LogP contribution in [0.15, 0.2) is 65.6 Å². The van der Waals surface area contributed by atoms with Crippen LogP contribution in [0.1, 0.15) is 43.7 Å². The summed E-state index contributed by atoms with van der Waals surface area (Å²) in [5.41, 5.74) is 6.65. The number of hydrogen-bond donors (Lipinski definition) is 2. The van der Waals surface area contributed by atoms with Gasteiger partial charge in [0, 0.05) is 25.4 Å². The fourth-order valence-corrected chi connectivity index (χ4v) is 4.03. The number of aromatic nitrogens is 3. The Morgan fingerprint density at radius 2 is 1.87 bits per heavy atom. The summed E-state index contributed by atoms with van der Waals surface area (Å²) in [5, 5.41) is 10.8. The van der Waals surface area contributed by atoms with Gasteiger partial charge >= 0.3 is 5.69 Å². The van der Waals surface area contributed by atoms with Crippen molar-refractivity contribution < 1.29 is 5.11 Å². The molecule has 4 aromatic rings. The summed E-state index contributed by atoms with van der Waals surface area (Å²) in [7, 11) is 1.79. The van der Waals surface area contributed by atoms with Crippen LogP contribution < -0.4 is 5.69 Å². The van der Waals surface area contributed by atoms with Crippen molar-refractivity contribution in [1.29, 1.82) is 0 Å². The number of fused-ring (bicyclic) bond motifs is 1. The van der Waals surface area contributed by atoms with Gasteiger partial charge in [0.1, 0.15) is 0 Å². The number of aryl methyl sites for hydroxylation is 1. The number of aliphatic hydroxyl groups is 1. The van der Waals surface area contributed by atoms with Crippen molar-refractivity contribution in [2.45, 2.75) is 39.7 Å². The first-order chi connectivity index (χ1) is 14.7. The second-order valence-corrected chi connectivity index (χ2v) is 9.42. The van der Waals surface area contributed by atoms with Crippen molar-refractivity contribution in [3.8, 4) is 11.1 Å². The zero-order valence-corrected chi connectivity index (χ0v) is 18.5. The zero-order valence-electron chi connectivity index (χ0n) is 18.5. The number of pyridine rings is 1. The van der Waals surface area contributed by atoms with E-state index in [9.17, 15) is 9.90 Å². The quantitative estimate of drug-likeness (QED) is 0.492. The molecule has 5 heteroatoms. The highest BCUT2D eigenvalue weighted by atomic mass is 16.3. The molecule has 160 valence electrons. The zero-order chi connectivity index (χ0) is 22.2. The molecule has 4 rings (SSSR count). The van der Waals surface area contributed by atoms with E-state index in [0.717, 1.165) is 45.4 Å². The summed E-state index contributed by atoms with van der Waals surface area (Å²) in [6, 6.07) is 17.9. The van der Waals surface area contributed by atoms with Crippen LogP contribution in [-0.2, 0) is 19.9 Å². The predicted octanol–water partition coefficient (Wildman–Crippen LogP) is 4.79. The normalized spacial score (nSPS) is 12.9. The molecule has 1 unspecified atom stereocenters. The van der Waals surface area contributed by atoms with Crippen LogP contribution in [0.25, 0.3) is 22.2 Å². The third-order valence-electron chi connectivity index (χ3n) is 5.55. The molecule has 0 aliphatic rings. The minimum atomic E-state index is -0.635. The van der Waals surface area contributed by atoms with Gasteiger partial charge in [-0.05, 0) is 64.4 Å². The Hall–Kier alpha value is -3.18. The molecule has 0 fully saturated rings. The first-order valence-corrected chi connectivity index (χ1v) is 10.6. The van der Waals surface area contributed by atoms with Crippen molar-refractivity contribution in [2.75, 3.05) is 0 Å². The second kappa shape index (κ2) is 8.16. The number of nitrogens with zero attached hydrogens (tertiary/aromatic N) is 2. The summed E-state index contributed by atoms with van der Waals surface area (Å²) in [6.45, 7) is 6.59. The number of hydrogen-bond acceptors (Lipinski definition) is 3. The average Bonchev–Trinajstić information content (AvgIpc) is 3.02. The minimum absolute atomic E-state index is 0.0823. The molecule has 2 aromatic heterocycles. The van der Waals surface area contributed by atoms with Crippen molar-refractivity contribution in [3.63, 3.8) is 0 Å². The van der Waals surface area contributed by atoms with E-state index in [4.69, 9.17) is 0 Å². The predicted molar refractivity (Wildman–Crippen MR) is 125 cm³/mol. The smallest absolute Gasteiger partial charge is 0.326 e. The van der Waals surface area contributed by atoms with Gasteiger partial charge in [-0.1, -0.05) is 45.0 Å². The van der Waals surface area contributed by atoms with Crippen LogP contribution in [0, 0.1) is 5.41 Å². The van der Waals surface area contributed by atoms with Crippen LogP contribution in [0.2, 0.25) is 0 Å². The van der Waals surface area contributed by atoms with E-state index in [1.807, 2.05) is 48.5 Å². The monoisotopic (exact) mass is 415 g/mol. The highest BCUT2D eigenvalue weighted by Gasteiger charge is 2.18. The number of rotatable bonds is 5. The van der Waals surface area contributed by atoms with E-state index in [1.165, 1.54) is 0 Å². The van der Waals surface area contributed by atoms with Gasteiger partial charge in [-0.3, -0.25) is 9.55 Å². The largest absolute Gasteiger partial charge is 0.388 e. The molecule has 0 saturated heterocycles. The maximum Gasteiger partial charge on any atom is 0.326 e. The summed E-state index contributed by atoms with van der Waals surface area (Å²) in [4.78, 5) is 19.6. The first kappa shape index (κ1) is 21.1. The first-order valence-electron chi connectivity index (χ1n) is 10.6. The highest BCUT2D eigenvalue weighted by molar-refractivity contribution is 5.85. The molecular weight excluding hydrogens is 386 g/mol. The van der Waals surface area contributed by atoms with Gasteiger partial charge < -0.3 is 10.1 Å². The SMILES string of the molecule is Cn1c(=O)[nH]c2c(CC(C)(C)C)cc(-c3cccc(C(O)Cc4ccccn4)c3)cc21. The number of H-pyrrole nitrogens is 1. The van der Waals surface area contributed by atoms with Gasteiger partial charge in [-0.2, -0.15) is 0 Å². The molecule has 0 amide bonds. The second-order valence-electron chi connectivity index (χ2n) is 9.42. The summed E-state index contributed by atoms with van der Waals surface area (Å²) in [5.74, 6) is 0. The summed E-state index contributed by atoms with van der Waals surface area (Å²) in [6.07, 6.45) is 2.42. The Morgan fingerprint density at radius 1 is 1.06 bits per heavy atom. The third-order valence-corrected chi connectivity index (χ3v) is 5.55. The minimum Gasteiger partial charge on any atom is -0.388 e. The van der Waals surface area contributed by atoms with Crippen molar-refractivity contribution in [3.05, 3.63) is 88.1 Å². The molecule has 2 aromatic carbocycles. The van der Waals surface area contributed by atoms with Gasteiger partial charge in [-0.15, -0.1) is 0 Å². The number of nitrogens with one attached hydrogen (secondary N) is 1. The van der Waals surface area contributed by atoms with E-state index in [-0.39, 0.29) is 11.1 Å². The standard InChI is InChI=1S/C26H29N3O2/c1-26(2,3)16-20-13-19(14-22-24(20)28-25(31)29(22)4)17-8-7-9-18(12-17)23(30)15-21-10-5-6-11-27-21/h5-14,23,30H,15-16H2,1-4H3,(H,28,31). The Bertz CT molecular complexity index is 1260. The lowest BCUT2D eigenvalue weighted by molar-refractivity contribution is 0.177. The highest BCUT2D eigenvalue weighted by Crippen LogP contribution is 2.32. The molecule has 0 radical (unpaired) electrons. The molecule has 1 atom stereocenters. The van der Waals surface area contributed by atoms with E-state index in [1.54, 1.807) is 17.8 Å². The van der Waals surface area contributed by atoms with Crippen LogP contribution in [0.5, 0.6) is 0 Å². The molecule has 0 saturated carbocycles. The number of aromatic amines is 1. The van der Waals surface area contributed by atoms with Gasteiger partial charge in [0.15, 0.2) is 0 Å². The molecule has 0 spiro atoms. The van der Waals surface area contributed by atoms with Gasteiger partial charge in [0.2, 0.25) is 0 Å². The summed E-state index contributed by atoms with van der Waals surface area (Å²) < 4.78 is 1.66. The van der Waals surface area contributed by atoms with Crippen molar-refractivity contribution in [2.24, 2.45) is 12.5 Å². The van der Waals surface area contributed by atoms with E-state index in [0.29, 0.717) is 6.42 Å². The summed E-state index contributed by atoms with van der Waals surface area (Å²) >= 11 is 0. The number of benzene rings is 2. The molecule has 31 heavy (non-hydrogen) atoms. The molecule has 0 aliphatic heterocycles. The Labute approximate surface area is 182 Å². The van der Waals surface area contributed by atoms with E-state index < -0.39 is 6.10 Å². The Morgan fingerprint density at radius 3 is 2.58 bits per heavy atom. The lowest BCUT2D eigenvalue weighted by Crippen LogP contribution is -2.11. The maximum absolute atomic E-state index is 12.3. The molecule has 0 aliphatic carbocycles. The van der Waals surface area contributed by atoms with E-state index in [2.05, 4.69) is 36.8 Å². The third kappa shape index (κ3) is 4.62. The molecule has 5 nitrogen and oxygen atoms in total. The molecule has 2 heterocycles. The number of aliphatic hydroxyl groups excluding tert-OH is 1. The van der Waals surface area contributed by atoms with Crippen molar-refractivity contribution >= 4 is 11.0 Å². The van der Waals surface area contributed by atoms with E-state index >= 15 is 0 Å². The average molecular weight is 416 g/mol. The number of imidazole rings is 1. The topological polar surface area (TPSA) is 70.9 Å². The van der Waals surface area contributed by atoms with Gasteiger partial charge in [0.05, 0.1) is 17.1 Å². The fraction of sp³-hybridized carbons (Fsp3) is 0.308. The van der Waals surface area contributed by atoms with Crippen LogP contribution in [0.4, 0.5) is 0 Å². The maximum atomic E-state index is 12.3. The lowest BCUT2D eigenvalue weighted by atomic mass is 9.86. The molecular formula is C26H29N3O2. The fourth-order valence-electron chi connectivity index (χ4n) is 4.03. The Balaban J connectivity index is 1.75. The van der Waals surface area contributed by atoms with Crippen LogP contribution in [-0.4, -0.2) is 19.6 Å². The van der Waals surface area contributed by atoms with Gasteiger partial charge in [-0.25, -0.2) is 4.79 Å². The van der Waals surface area contributed by atoms with Crippen molar-refractivity contribution in [1.82, 2.24) is 14.5 Å². The van der Waals surface area contributed by atoms with Gasteiger partial charge in [0.25, 0.3) is 0 Å². The van der Waals surface area contributed by atoms with Crippen LogP contribution in [0.3, 0.4) is 0 Å². The Kier molecular flexibility index (Phi) is 5.54. The lowest BCUT2D eigenvalue weighted by Gasteiger charge is -2.19. The van der Waals surface area contributed by atoms with Crippen LogP contribution >= 0.6 is 0 Å². The molecule has 2 N–H and O–H groups in total. The molecule has 0 bridgehead atoms.